The van der Waals surface area contributed by atoms with Crippen molar-refractivity contribution in [3.05, 3.63) is 0 Å². The standard InChI is InChI=1S/C6H7Cl2NO3.C4H9NO3.ClH/c1-11-6(10)3-2-12-5(9-3)4(7)8;1-8-4(7)3(5)2-6;/h3-4H,2H2,1H3;3,6H,2,5H2,1H3;1H. The van der Waals surface area contributed by atoms with Gasteiger partial charge >= 0.3 is 11.9 Å². The van der Waals surface area contributed by atoms with Crippen molar-refractivity contribution in [3.63, 3.8) is 0 Å². The lowest BCUT2D eigenvalue weighted by atomic mass is 10.3. The topological polar surface area (TPSA) is 120 Å². The second-order valence-corrected chi connectivity index (χ2v) is 4.53. The van der Waals surface area contributed by atoms with Gasteiger partial charge in [0.05, 0.1) is 20.8 Å². The highest BCUT2D eigenvalue weighted by Gasteiger charge is 2.28. The summed E-state index contributed by atoms with van der Waals surface area (Å²) in [7, 11) is 2.51. The number of hydrogen-bond donors (Lipinski definition) is 2. The lowest BCUT2D eigenvalue weighted by molar-refractivity contribution is -0.143. The lowest BCUT2D eigenvalue weighted by Crippen LogP contribution is -2.34. The van der Waals surface area contributed by atoms with Crippen LogP contribution in [0.4, 0.5) is 0 Å². The van der Waals surface area contributed by atoms with Gasteiger partial charge in [0.25, 0.3) is 0 Å². The number of carbonyl (C=O) groups is 2. The summed E-state index contributed by atoms with van der Waals surface area (Å²) in [6, 6.07) is -1.51. The quantitative estimate of drug-likeness (QED) is 0.515. The molecular weight excluding hydrogens is 350 g/mol. The predicted molar refractivity (Wildman–Crippen MR) is 79.0 cm³/mol. The van der Waals surface area contributed by atoms with Crippen LogP contribution < -0.4 is 5.73 Å². The van der Waals surface area contributed by atoms with E-state index in [1.165, 1.54) is 14.2 Å². The Morgan fingerprint density at radius 2 is 2.05 bits per heavy atom. The van der Waals surface area contributed by atoms with Crippen LogP contribution in [-0.4, -0.2) is 67.3 Å². The minimum atomic E-state index is -0.889. The summed E-state index contributed by atoms with van der Waals surface area (Å²) in [5, 5.41) is 8.21. The molecule has 1 rings (SSSR count). The highest BCUT2D eigenvalue weighted by molar-refractivity contribution is 6.53. The fraction of sp³-hybridized carbons (Fsp3) is 0.700. The molecule has 0 aromatic carbocycles. The molecule has 0 spiro atoms. The number of methoxy groups -OCH3 is 2. The van der Waals surface area contributed by atoms with Crippen molar-refractivity contribution in [2.75, 3.05) is 27.4 Å². The molecule has 1 aliphatic heterocycles. The summed E-state index contributed by atoms with van der Waals surface area (Å²) >= 11 is 10.9. The molecule has 1 heterocycles. The molecule has 0 aromatic heterocycles. The number of ether oxygens (including phenoxy) is 3. The van der Waals surface area contributed by atoms with E-state index in [0.29, 0.717) is 0 Å². The van der Waals surface area contributed by atoms with E-state index < -0.39 is 28.9 Å². The van der Waals surface area contributed by atoms with Crippen LogP contribution in [0.25, 0.3) is 0 Å². The van der Waals surface area contributed by atoms with E-state index in [2.05, 4.69) is 14.5 Å². The molecule has 0 saturated carbocycles. The Bertz CT molecular complexity index is 367. The van der Waals surface area contributed by atoms with E-state index in [4.69, 9.17) is 38.8 Å². The summed E-state index contributed by atoms with van der Waals surface area (Å²) in [6.45, 7) is -0.218. The first-order valence-corrected chi connectivity index (χ1v) is 6.25. The van der Waals surface area contributed by atoms with Crippen LogP contribution >= 0.6 is 35.6 Å². The molecule has 21 heavy (non-hydrogen) atoms. The van der Waals surface area contributed by atoms with Crippen LogP contribution in [-0.2, 0) is 23.8 Å². The molecule has 1 aliphatic rings. The number of carbonyl (C=O) groups excluding carboxylic acids is 2. The van der Waals surface area contributed by atoms with Gasteiger partial charge in [-0.05, 0) is 0 Å². The van der Waals surface area contributed by atoms with Gasteiger partial charge in [-0.3, -0.25) is 4.79 Å². The van der Waals surface area contributed by atoms with Gasteiger partial charge in [0.2, 0.25) is 5.90 Å². The smallest absolute Gasteiger partial charge is 0.334 e. The number of esters is 2. The van der Waals surface area contributed by atoms with Gasteiger partial charge in [0, 0.05) is 0 Å². The zero-order chi connectivity index (χ0) is 15.7. The van der Waals surface area contributed by atoms with E-state index >= 15 is 0 Å². The average molecular weight is 368 g/mol. The highest BCUT2D eigenvalue weighted by Crippen LogP contribution is 2.14. The molecule has 0 aromatic rings. The zero-order valence-electron chi connectivity index (χ0n) is 11.3. The minimum Gasteiger partial charge on any atom is -0.476 e. The van der Waals surface area contributed by atoms with Gasteiger partial charge in [0.15, 0.2) is 10.9 Å². The zero-order valence-corrected chi connectivity index (χ0v) is 13.7. The molecule has 3 N–H and O–H groups in total. The first-order valence-electron chi connectivity index (χ1n) is 5.38. The fourth-order valence-electron chi connectivity index (χ4n) is 0.994. The number of nitrogens with zero attached hydrogens (tertiary/aromatic N) is 1. The van der Waals surface area contributed by atoms with Crippen molar-refractivity contribution in [1.82, 2.24) is 0 Å². The lowest BCUT2D eigenvalue weighted by Gasteiger charge is -2.02. The maximum Gasteiger partial charge on any atom is 0.334 e. The summed E-state index contributed by atoms with van der Waals surface area (Å²) in [5.74, 6) is -0.861. The van der Waals surface area contributed by atoms with E-state index in [0.717, 1.165) is 0 Å². The molecule has 0 radical (unpaired) electrons. The van der Waals surface area contributed by atoms with Crippen molar-refractivity contribution in [2.45, 2.75) is 16.9 Å². The number of aliphatic hydroxyl groups is 1. The van der Waals surface area contributed by atoms with Crippen LogP contribution in [0, 0.1) is 0 Å². The molecule has 0 amide bonds. The number of hydrogen-bond acceptors (Lipinski definition) is 8. The molecule has 8 nitrogen and oxygen atoms in total. The maximum absolute atomic E-state index is 10.9. The van der Waals surface area contributed by atoms with Crippen molar-refractivity contribution in [3.8, 4) is 0 Å². The van der Waals surface area contributed by atoms with E-state index in [9.17, 15) is 9.59 Å². The second-order valence-electron chi connectivity index (χ2n) is 3.43. The van der Waals surface area contributed by atoms with Crippen LogP contribution in [0.3, 0.4) is 0 Å². The van der Waals surface area contributed by atoms with Gasteiger partial charge in [0.1, 0.15) is 12.6 Å². The Morgan fingerprint density at radius 3 is 2.33 bits per heavy atom. The maximum atomic E-state index is 10.9. The van der Waals surface area contributed by atoms with Gasteiger partial charge in [-0.1, -0.05) is 23.2 Å². The van der Waals surface area contributed by atoms with E-state index in [1.807, 2.05) is 0 Å². The Morgan fingerprint density at radius 1 is 1.48 bits per heavy atom. The van der Waals surface area contributed by atoms with Gasteiger partial charge < -0.3 is 25.1 Å². The monoisotopic (exact) mass is 366 g/mol. The Kier molecular flexibility index (Phi) is 12.6. The molecule has 124 valence electrons. The van der Waals surface area contributed by atoms with Gasteiger partial charge in [-0.2, -0.15) is 0 Å². The number of rotatable bonds is 4. The second kappa shape index (κ2) is 11.8. The summed E-state index contributed by atoms with van der Waals surface area (Å²) < 4.78 is 13.6. The van der Waals surface area contributed by atoms with Crippen LogP contribution in [0.5, 0.6) is 0 Å². The third-order valence-corrected chi connectivity index (χ3v) is 2.41. The van der Waals surface area contributed by atoms with Crippen LogP contribution in [0.2, 0.25) is 0 Å². The summed E-state index contributed by atoms with van der Waals surface area (Å²) in [5.41, 5.74) is 5.00. The molecule has 11 heteroatoms. The average Bonchev–Trinajstić information content (AvgIpc) is 2.95. The van der Waals surface area contributed by atoms with E-state index in [-0.39, 0.29) is 31.5 Å². The van der Waals surface area contributed by atoms with Crippen molar-refractivity contribution < 1.29 is 28.9 Å². The third-order valence-electron chi connectivity index (χ3n) is 2.03. The summed E-state index contributed by atoms with van der Waals surface area (Å²) in [4.78, 5) is 24.1. The predicted octanol–water partition coefficient (Wildman–Crippen LogP) is -0.339. The molecule has 0 saturated heterocycles. The number of halogens is 3. The van der Waals surface area contributed by atoms with Crippen LogP contribution in [0.15, 0.2) is 4.99 Å². The largest absolute Gasteiger partial charge is 0.476 e. The molecule has 2 atom stereocenters. The molecule has 0 aliphatic carbocycles. The Balaban J connectivity index is 0. The minimum absolute atomic E-state index is 0. The first kappa shape index (κ1) is 22.5. The number of aliphatic imine (C=N–C) groups is 1. The van der Waals surface area contributed by atoms with Crippen molar-refractivity contribution >= 4 is 53.4 Å². The SMILES string of the molecule is COC(=O)C(N)CO.COC(=O)C1COC(C(Cl)Cl)=N1.Cl. The van der Waals surface area contributed by atoms with Crippen molar-refractivity contribution in [2.24, 2.45) is 10.7 Å². The molecular formula is C10H17Cl3N2O6. The van der Waals surface area contributed by atoms with Crippen LogP contribution in [0.1, 0.15) is 0 Å². The number of alkyl halides is 2. The summed E-state index contributed by atoms with van der Waals surface area (Å²) in [6.07, 6.45) is 0. The van der Waals surface area contributed by atoms with Crippen molar-refractivity contribution in [1.29, 1.82) is 0 Å². The molecule has 0 fully saturated rings. The molecule has 0 bridgehead atoms. The third kappa shape index (κ3) is 8.27. The van der Waals surface area contributed by atoms with E-state index in [1.54, 1.807) is 0 Å². The van der Waals surface area contributed by atoms with Gasteiger partial charge in [-0.15, -0.1) is 12.4 Å². The Labute approximate surface area is 137 Å². The first-order chi connectivity index (χ1) is 9.37. The fourth-order valence-corrected chi connectivity index (χ4v) is 1.23. The number of aliphatic hydroxyl groups excluding tert-OH is 1. The highest BCUT2D eigenvalue weighted by atomic mass is 35.5. The number of nitrogens with two attached hydrogens (primary N) is 1. The molecule has 2 unspecified atom stereocenters. The normalized spacial score (nSPS) is 17.5. The van der Waals surface area contributed by atoms with Gasteiger partial charge in [-0.25, -0.2) is 9.79 Å². The Hall–Kier alpha value is -0.800.